The molecule has 1 atom stereocenters. The van der Waals surface area contributed by atoms with Gasteiger partial charge in [-0.2, -0.15) is 0 Å². The van der Waals surface area contributed by atoms with Gasteiger partial charge in [-0.1, -0.05) is 17.7 Å². The molecule has 0 bridgehead atoms. The molecule has 2 rings (SSSR count). The standard InChI is InChI=1S/C14H12BrClN2O2/c1-20-14(19)13(9-3-2-6-17-8-9)18-10-4-5-12(16)11(15)7-10/h2-8,13,18H,1H3. The van der Waals surface area contributed by atoms with Gasteiger partial charge in [-0.25, -0.2) is 4.79 Å². The minimum atomic E-state index is -0.623. The average Bonchev–Trinajstić information content (AvgIpc) is 2.48. The molecule has 1 unspecified atom stereocenters. The molecule has 0 fully saturated rings. The van der Waals surface area contributed by atoms with Crippen molar-refractivity contribution >= 4 is 39.2 Å². The monoisotopic (exact) mass is 354 g/mol. The first-order chi connectivity index (χ1) is 9.61. The Kier molecular flexibility index (Phi) is 4.98. The highest BCUT2D eigenvalue weighted by atomic mass is 79.9. The number of nitrogens with one attached hydrogen (secondary N) is 1. The Morgan fingerprint density at radius 1 is 1.45 bits per heavy atom. The van der Waals surface area contributed by atoms with Gasteiger partial charge < -0.3 is 10.1 Å². The lowest BCUT2D eigenvalue weighted by atomic mass is 10.1. The second-order valence-electron chi connectivity index (χ2n) is 4.02. The normalized spacial score (nSPS) is 11.8. The molecule has 0 aliphatic heterocycles. The molecule has 2 aromatic rings. The summed E-state index contributed by atoms with van der Waals surface area (Å²) < 4.78 is 5.57. The van der Waals surface area contributed by atoms with E-state index in [2.05, 4.69) is 26.2 Å². The highest BCUT2D eigenvalue weighted by Crippen LogP contribution is 2.28. The molecule has 0 saturated carbocycles. The first-order valence-corrected chi connectivity index (χ1v) is 6.98. The third-order valence-electron chi connectivity index (χ3n) is 2.69. The zero-order chi connectivity index (χ0) is 14.5. The summed E-state index contributed by atoms with van der Waals surface area (Å²) >= 11 is 9.29. The van der Waals surface area contributed by atoms with Gasteiger partial charge in [0.2, 0.25) is 0 Å². The van der Waals surface area contributed by atoms with Crippen molar-refractivity contribution in [2.75, 3.05) is 12.4 Å². The van der Waals surface area contributed by atoms with E-state index < -0.39 is 6.04 Å². The summed E-state index contributed by atoms with van der Waals surface area (Å²) in [6.07, 6.45) is 3.27. The Bertz CT molecular complexity index is 607. The summed E-state index contributed by atoms with van der Waals surface area (Å²) in [5, 5.41) is 3.71. The molecule has 4 nitrogen and oxygen atoms in total. The number of carbonyl (C=O) groups excluding carboxylic acids is 1. The number of hydrogen-bond donors (Lipinski definition) is 1. The van der Waals surface area contributed by atoms with E-state index in [4.69, 9.17) is 16.3 Å². The molecule has 0 amide bonds. The van der Waals surface area contributed by atoms with Crippen molar-refractivity contribution < 1.29 is 9.53 Å². The molecule has 0 spiro atoms. The Balaban J connectivity index is 2.28. The van der Waals surface area contributed by atoms with Crippen molar-refractivity contribution in [3.05, 3.63) is 57.8 Å². The molecule has 1 N–H and O–H groups in total. The van der Waals surface area contributed by atoms with Crippen molar-refractivity contribution in [1.29, 1.82) is 0 Å². The van der Waals surface area contributed by atoms with Crippen LogP contribution in [0.3, 0.4) is 0 Å². The molecule has 0 aliphatic rings. The molecule has 1 aromatic carbocycles. The average molecular weight is 356 g/mol. The zero-order valence-corrected chi connectivity index (χ0v) is 13.0. The number of aromatic nitrogens is 1. The number of anilines is 1. The smallest absolute Gasteiger partial charge is 0.333 e. The van der Waals surface area contributed by atoms with Gasteiger partial charge in [0.15, 0.2) is 6.04 Å². The van der Waals surface area contributed by atoms with Gasteiger partial charge in [-0.05, 0) is 40.2 Å². The van der Waals surface area contributed by atoms with Crippen molar-refractivity contribution in [2.24, 2.45) is 0 Å². The molecule has 1 aromatic heterocycles. The van der Waals surface area contributed by atoms with Crippen LogP contribution in [0.15, 0.2) is 47.2 Å². The lowest BCUT2D eigenvalue weighted by molar-refractivity contribution is -0.141. The van der Waals surface area contributed by atoms with Gasteiger partial charge in [-0.15, -0.1) is 0 Å². The van der Waals surface area contributed by atoms with Crippen molar-refractivity contribution in [1.82, 2.24) is 4.98 Å². The molecule has 0 aliphatic carbocycles. The minimum Gasteiger partial charge on any atom is -0.467 e. The zero-order valence-electron chi connectivity index (χ0n) is 10.6. The number of methoxy groups -OCH3 is 1. The third kappa shape index (κ3) is 3.49. The van der Waals surface area contributed by atoms with Gasteiger partial charge in [0.05, 0.1) is 12.1 Å². The Labute approximate surface area is 130 Å². The predicted octanol–water partition coefficient (Wildman–Crippen LogP) is 3.82. The van der Waals surface area contributed by atoms with Crippen LogP contribution in [0.1, 0.15) is 11.6 Å². The number of pyridine rings is 1. The van der Waals surface area contributed by atoms with Crippen LogP contribution in [0, 0.1) is 0 Å². The van der Waals surface area contributed by atoms with E-state index in [1.165, 1.54) is 7.11 Å². The largest absolute Gasteiger partial charge is 0.467 e. The fourth-order valence-corrected chi connectivity index (χ4v) is 2.19. The van der Waals surface area contributed by atoms with Crippen LogP contribution in [0.5, 0.6) is 0 Å². The maximum absolute atomic E-state index is 11.9. The number of hydrogen-bond acceptors (Lipinski definition) is 4. The summed E-state index contributed by atoms with van der Waals surface area (Å²) in [6.45, 7) is 0. The van der Waals surface area contributed by atoms with E-state index in [1.807, 2.05) is 6.07 Å². The van der Waals surface area contributed by atoms with Crippen LogP contribution < -0.4 is 5.32 Å². The van der Waals surface area contributed by atoms with E-state index in [0.29, 0.717) is 5.02 Å². The Morgan fingerprint density at radius 2 is 2.25 bits per heavy atom. The third-order valence-corrected chi connectivity index (χ3v) is 3.90. The first kappa shape index (κ1) is 14.8. The van der Waals surface area contributed by atoms with Crippen molar-refractivity contribution in [3.8, 4) is 0 Å². The number of nitrogens with zero attached hydrogens (tertiary/aromatic N) is 1. The Morgan fingerprint density at radius 3 is 2.85 bits per heavy atom. The molecule has 104 valence electrons. The first-order valence-electron chi connectivity index (χ1n) is 5.81. The van der Waals surface area contributed by atoms with Crippen molar-refractivity contribution in [3.63, 3.8) is 0 Å². The van der Waals surface area contributed by atoms with E-state index in [1.54, 1.807) is 36.7 Å². The second-order valence-corrected chi connectivity index (χ2v) is 5.28. The highest BCUT2D eigenvalue weighted by Gasteiger charge is 2.21. The fraction of sp³-hybridized carbons (Fsp3) is 0.143. The van der Waals surface area contributed by atoms with Gasteiger partial charge in [0, 0.05) is 28.1 Å². The Hall–Kier alpha value is -1.59. The number of ether oxygens (including phenoxy) is 1. The molecule has 0 radical (unpaired) electrons. The van der Waals surface area contributed by atoms with E-state index in [9.17, 15) is 4.79 Å². The van der Waals surface area contributed by atoms with Gasteiger partial charge >= 0.3 is 5.97 Å². The lowest BCUT2D eigenvalue weighted by Crippen LogP contribution is -2.22. The maximum atomic E-state index is 11.9. The van der Waals surface area contributed by atoms with Crippen LogP contribution in [-0.2, 0) is 9.53 Å². The molecular formula is C14H12BrClN2O2. The van der Waals surface area contributed by atoms with Crippen LogP contribution in [-0.4, -0.2) is 18.1 Å². The minimum absolute atomic E-state index is 0.385. The SMILES string of the molecule is COC(=O)C(Nc1ccc(Cl)c(Br)c1)c1cccnc1. The summed E-state index contributed by atoms with van der Waals surface area (Å²) in [5.41, 5.74) is 1.48. The van der Waals surface area contributed by atoms with Crippen LogP contribution in [0.4, 0.5) is 5.69 Å². The second kappa shape index (κ2) is 6.72. The summed E-state index contributed by atoms with van der Waals surface area (Å²) in [4.78, 5) is 15.9. The van der Waals surface area contributed by atoms with Gasteiger partial charge in [0.1, 0.15) is 0 Å². The molecule has 0 saturated heterocycles. The van der Waals surface area contributed by atoms with Gasteiger partial charge in [-0.3, -0.25) is 4.98 Å². The van der Waals surface area contributed by atoms with Crippen molar-refractivity contribution in [2.45, 2.75) is 6.04 Å². The number of rotatable bonds is 4. The molecule has 6 heteroatoms. The quantitative estimate of drug-likeness (QED) is 0.847. The van der Waals surface area contributed by atoms with E-state index in [-0.39, 0.29) is 5.97 Å². The van der Waals surface area contributed by atoms with E-state index in [0.717, 1.165) is 15.7 Å². The number of carbonyl (C=O) groups is 1. The van der Waals surface area contributed by atoms with E-state index >= 15 is 0 Å². The highest BCUT2D eigenvalue weighted by molar-refractivity contribution is 9.10. The van der Waals surface area contributed by atoms with Crippen LogP contribution in [0.25, 0.3) is 0 Å². The number of benzene rings is 1. The van der Waals surface area contributed by atoms with Crippen LogP contribution >= 0.6 is 27.5 Å². The number of esters is 1. The lowest BCUT2D eigenvalue weighted by Gasteiger charge is -2.18. The maximum Gasteiger partial charge on any atom is 0.333 e. The summed E-state index contributed by atoms with van der Waals surface area (Å²) in [5.74, 6) is -0.385. The molecule has 20 heavy (non-hydrogen) atoms. The summed E-state index contributed by atoms with van der Waals surface area (Å²) in [7, 11) is 1.35. The van der Waals surface area contributed by atoms with Crippen LogP contribution in [0.2, 0.25) is 5.02 Å². The number of halogens is 2. The van der Waals surface area contributed by atoms with Gasteiger partial charge in [0.25, 0.3) is 0 Å². The topological polar surface area (TPSA) is 51.2 Å². The summed E-state index contributed by atoms with van der Waals surface area (Å²) in [6, 6.07) is 8.29. The molecular weight excluding hydrogens is 344 g/mol. The molecule has 1 heterocycles. The predicted molar refractivity (Wildman–Crippen MR) is 81.8 cm³/mol. The fourth-order valence-electron chi connectivity index (χ4n) is 1.70.